The van der Waals surface area contributed by atoms with Gasteiger partial charge in [0, 0.05) is 11.8 Å². The van der Waals surface area contributed by atoms with E-state index >= 15 is 0 Å². The second kappa shape index (κ2) is 6.75. The molecule has 0 aliphatic rings. The fourth-order valence-electron chi connectivity index (χ4n) is 2.24. The van der Waals surface area contributed by atoms with Crippen molar-refractivity contribution in [2.45, 2.75) is 11.5 Å². The fraction of sp³-hybridized carbons (Fsp3) is 0.118. The first-order valence-electron chi connectivity index (χ1n) is 7.30. The summed E-state index contributed by atoms with van der Waals surface area (Å²) >= 11 is 0. The molecule has 25 heavy (non-hydrogen) atoms. The number of hydrogen-bond donors (Lipinski definition) is 1. The Labute approximate surface area is 144 Å². The van der Waals surface area contributed by atoms with Crippen molar-refractivity contribution in [3.05, 3.63) is 59.8 Å². The summed E-state index contributed by atoms with van der Waals surface area (Å²) in [5.41, 5.74) is 2.24. The zero-order chi connectivity index (χ0) is 17.9. The zero-order valence-corrected chi connectivity index (χ0v) is 14.1. The van der Waals surface area contributed by atoms with E-state index in [9.17, 15) is 8.42 Å². The van der Waals surface area contributed by atoms with Crippen LogP contribution in [0.15, 0.2) is 53.4 Å². The molecular weight excluding hydrogens is 340 g/mol. The maximum atomic E-state index is 11.5. The van der Waals surface area contributed by atoms with E-state index in [1.807, 2.05) is 12.1 Å². The molecule has 0 radical (unpaired) electrons. The molecule has 1 aromatic heterocycles. The highest BCUT2D eigenvalue weighted by Crippen LogP contribution is 2.24. The minimum Gasteiger partial charge on any atom is -0.489 e. The lowest BCUT2D eigenvalue weighted by atomic mass is 10.1. The van der Waals surface area contributed by atoms with E-state index in [2.05, 4.69) is 15.4 Å². The zero-order valence-electron chi connectivity index (χ0n) is 13.3. The molecule has 1 N–H and O–H groups in total. The van der Waals surface area contributed by atoms with Gasteiger partial charge in [-0.1, -0.05) is 24.3 Å². The van der Waals surface area contributed by atoms with Crippen LogP contribution in [0.1, 0.15) is 11.3 Å². The van der Waals surface area contributed by atoms with Gasteiger partial charge in [0.1, 0.15) is 24.1 Å². The molecule has 0 spiro atoms. The van der Waals surface area contributed by atoms with Crippen molar-refractivity contribution in [1.29, 1.82) is 5.26 Å². The molecule has 7 nitrogen and oxygen atoms in total. The molecule has 3 aromatic rings. The topological polar surface area (TPSA) is 109 Å². The highest BCUT2D eigenvalue weighted by atomic mass is 32.2. The number of aromatic amines is 1. The highest BCUT2D eigenvalue weighted by Gasteiger charge is 2.10. The third kappa shape index (κ3) is 3.84. The van der Waals surface area contributed by atoms with Crippen molar-refractivity contribution in [3.8, 4) is 23.1 Å². The van der Waals surface area contributed by atoms with Gasteiger partial charge in [0.25, 0.3) is 0 Å². The van der Waals surface area contributed by atoms with E-state index in [0.29, 0.717) is 11.4 Å². The Morgan fingerprint density at radius 2 is 1.92 bits per heavy atom. The van der Waals surface area contributed by atoms with Gasteiger partial charge in [0.2, 0.25) is 0 Å². The van der Waals surface area contributed by atoms with Gasteiger partial charge in [-0.2, -0.15) is 15.6 Å². The number of nitrogens with one attached hydrogen (secondary N) is 1. The van der Waals surface area contributed by atoms with Crippen molar-refractivity contribution in [3.63, 3.8) is 0 Å². The SMILES string of the molecule is CS(=O)(=O)c1ccc(COc2cccc(-c3n[nH]nc3C#N)c2)cc1. The van der Waals surface area contributed by atoms with Gasteiger partial charge in [-0.15, -0.1) is 5.10 Å². The molecule has 2 aromatic carbocycles. The van der Waals surface area contributed by atoms with Crippen molar-refractivity contribution in [1.82, 2.24) is 15.4 Å². The average molecular weight is 354 g/mol. The predicted octanol–water partition coefficient (Wildman–Crippen LogP) is 2.33. The Balaban J connectivity index is 1.74. The number of H-pyrrole nitrogens is 1. The number of nitrogens with zero attached hydrogens (tertiary/aromatic N) is 3. The van der Waals surface area contributed by atoms with E-state index in [1.165, 1.54) is 6.26 Å². The maximum Gasteiger partial charge on any atom is 0.190 e. The molecule has 1 heterocycles. The summed E-state index contributed by atoms with van der Waals surface area (Å²) in [6, 6.07) is 15.7. The first-order valence-corrected chi connectivity index (χ1v) is 9.19. The lowest BCUT2D eigenvalue weighted by molar-refractivity contribution is 0.306. The van der Waals surface area contributed by atoms with E-state index in [1.54, 1.807) is 42.5 Å². The second-order valence-electron chi connectivity index (χ2n) is 5.37. The van der Waals surface area contributed by atoms with Crippen LogP contribution in [0.2, 0.25) is 0 Å². The molecule has 3 rings (SSSR count). The van der Waals surface area contributed by atoms with E-state index in [4.69, 9.17) is 10.00 Å². The summed E-state index contributed by atoms with van der Waals surface area (Å²) in [6.45, 7) is 0.289. The van der Waals surface area contributed by atoms with Crippen LogP contribution in [0.25, 0.3) is 11.3 Å². The van der Waals surface area contributed by atoms with Crippen molar-refractivity contribution in [2.24, 2.45) is 0 Å². The Kier molecular flexibility index (Phi) is 4.50. The van der Waals surface area contributed by atoms with Gasteiger partial charge >= 0.3 is 0 Å². The molecule has 0 aliphatic carbocycles. The molecule has 0 amide bonds. The Bertz CT molecular complexity index is 1030. The summed E-state index contributed by atoms with van der Waals surface area (Å²) in [4.78, 5) is 0.272. The maximum absolute atomic E-state index is 11.5. The quantitative estimate of drug-likeness (QED) is 0.753. The lowest BCUT2D eigenvalue weighted by Gasteiger charge is -2.08. The number of benzene rings is 2. The lowest BCUT2D eigenvalue weighted by Crippen LogP contribution is -1.99. The van der Waals surface area contributed by atoms with Crippen LogP contribution in [-0.2, 0) is 16.4 Å². The van der Waals surface area contributed by atoms with E-state index < -0.39 is 9.84 Å². The molecule has 0 fully saturated rings. The van der Waals surface area contributed by atoms with E-state index in [0.717, 1.165) is 11.1 Å². The smallest absolute Gasteiger partial charge is 0.190 e. The van der Waals surface area contributed by atoms with Crippen LogP contribution >= 0.6 is 0 Å². The van der Waals surface area contributed by atoms with Crippen LogP contribution in [0, 0.1) is 11.3 Å². The molecule has 126 valence electrons. The minimum atomic E-state index is -3.21. The van der Waals surface area contributed by atoms with Crippen molar-refractivity contribution >= 4 is 9.84 Å². The molecular formula is C17H14N4O3S. The normalized spacial score (nSPS) is 11.0. The third-order valence-corrected chi connectivity index (χ3v) is 4.65. The Morgan fingerprint density at radius 1 is 1.16 bits per heavy atom. The molecule has 0 unspecified atom stereocenters. The number of aromatic nitrogens is 3. The average Bonchev–Trinajstić information content (AvgIpc) is 3.08. The summed E-state index contributed by atoms with van der Waals surface area (Å²) in [6.07, 6.45) is 1.17. The molecule has 0 aliphatic heterocycles. The number of nitriles is 1. The first kappa shape index (κ1) is 16.7. The van der Waals surface area contributed by atoms with Crippen LogP contribution in [-0.4, -0.2) is 30.1 Å². The third-order valence-electron chi connectivity index (χ3n) is 3.52. The van der Waals surface area contributed by atoms with Gasteiger partial charge in [-0.25, -0.2) is 8.42 Å². The predicted molar refractivity (Wildman–Crippen MR) is 90.4 cm³/mol. The minimum absolute atomic E-state index is 0.216. The van der Waals surface area contributed by atoms with Gasteiger partial charge in [0.05, 0.1) is 4.90 Å². The van der Waals surface area contributed by atoms with Crippen LogP contribution < -0.4 is 4.74 Å². The molecule has 0 saturated carbocycles. The number of ether oxygens (including phenoxy) is 1. The molecule has 8 heteroatoms. The first-order chi connectivity index (χ1) is 12.0. The molecule has 0 atom stereocenters. The van der Waals surface area contributed by atoms with Gasteiger partial charge in [-0.3, -0.25) is 0 Å². The number of sulfone groups is 1. The monoisotopic (exact) mass is 354 g/mol. The van der Waals surface area contributed by atoms with E-state index in [-0.39, 0.29) is 17.2 Å². The van der Waals surface area contributed by atoms with Crippen LogP contribution in [0.3, 0.4) is 0 Å². The Morgan fingerprint density at radius 3 is 2.60 bits per heavy atom. The largest absolute Gasteiger partial charge is 0.489 e. The summed E-state index contributed by atoms with van der Waals surface area (Å²) in [7, 11) is -3.21. The fourth-order valence-corrected chi connectivity index (χ4v) is 2.87. The molecule has 0 saturated heterocycles. The summed E-state index contributed by atoms with van der Waals surface area (Å²) in [5, 5.41) is 19.2. The molecule has 0 bridgehead atoms. The summed E-state index contributed by atoms with van der Waals surface area (Å²) < 4.78 is 28.7. The number of hydrogen-bond acceptors (Lipinski definition) is 6. The second-order valence-corrected chi connectivity index (χ2v) is 7.38. The highest BCUT2D eigenvalue weighted by molar-refractivity contribution is 7.90. The summed E-state index contributed by atoms with van der Waals surface area (Å²) in [5.74, 6) is 0.608. The van der Waals surface area contributed by atoms with Crippen molar-refractivity contribution in [2.75, 3.05) is 6.26 Å². The standard InChI is InChI=1S/C17H14N4O3S/c1-25(22,23)15-7-5-12(6-8-15)11-24-14-4-2-3-13(9-14)17-16(10-18)19-21-20-17/h2-9H,11H2,1H3,(H,19,20,21). The van der Waals surface area contributed by atoms with Gasteiger partial charge < -0.3 is 4.74 Å². The van der Waals surface area contributed by atoms with Gasteiger partial charge in [0.15, 0.2) is 15.5 Å². The number of rotatable bonds is 5. The van der Waals surface area contributed by atoms with Gasteiger partial charge in [-0.05, 0) is 29.8 Å². The Hall–Kier alpha value is -3.18. The van der Waals surface area contributed by atoms with Crippen LogP contribution in [0.5, 0.6) is 5.75 Å². The van der Waals surface area contributed by atoms with Crippen LogP contribution in [0.4, 0.5) is 0 Å². The van der Waals surface area contributed by atoms with Crippen molar-refractivity contribution < 1.29 is 13.2 Å².